The first-order valence-electron chi connectivity index (χ1n) is 7.97. The van der Waals surface area contributed by atoms with Crippen LogP contribution in [0.15, 0.2) is 63.9 Å². The summed E-state index contributed by atoms with van der Waals surface area (Å²) in [5.41, 5.74) is 0.952. The number of hydrogen-bond acceptors (Lipinski definition) is 5. The molecule has 0 aliphatic carbocycles. The highest BCUT2D eigenvalue weighted by Gasteiger charge is 2.21. The van der Waals surface area contributed by atoms with E-state index in [-0.39, 0.29) is 5.76 Å². The molecule has 1 atom stereocenters. The van der Waals surface area contributed by atoms with Crippen molar-refractivity contribution in [3.63, 3.8) is 0 Å². The quantitative estimate of drug-likeness (QED) is 0.477. The van der Waals surface area contributed by atoms with Gasteiger partial charge in [0.1, 0.15) is 5.58 Å². The van der Waals surface area contributed by atoms with Gasteiger partial charge < -0.3 is 14.5 Å². The van der Waals surface area contributed by atoms with E-state index in [1.54, 1.807) is 24.3 Å². The van der Waals surface area contributed by atoms with Crippen LogP contribution in [0.3, 0.4) is 0 Å². The molecular weight excluding hydrogens is 376 g/mol. The van der Waals surface area contributed by atoms with E-state index in [1.807, 2.05) is 6.07 Å². The van der Waals surface area contributed by atoms with Crippen molar-refractivity contribution in [2.24, 2.45) is 0 Å². The summed E-state index contributed by atoms with van der Waals surface area (Å²) >= 11 is 0.414. The van der Waals surface area contributed by atoms with Gasteiger partial charge >= 0.3 is 5.97 Å². The van der Waals surface area contributed by atoms with Crippen molar-refractivity contribution in [3.8, 4) is 0 Å². The zero-order valence-electron chi connectivity index (χ0n) is 14.1. The van der Waals surface area contributed by atoms with Gasteiger partial charge in [0.25, 0.3) is 11.7 Å². The van der Waals surface area contributed by atoms with Crippen LogP contribution in [0.5, 0.6) is 0 Å². The average Bonchev–Trinajstić information content (AvgIpc) is 3.07. The minimum atomic E-state index is -2.51. The number of rotatable bonds is 6. The number of thioether (sulfide) groups is 1. The molecule has 3 rings (SSSR count). The Morgan fingerprint density at radius 3 is 2.48 bits per heavy atom. The van der Waals surface area contributed by atoms with Crippen LogP contribution in [0.1, 0.15) is 17.5 Å². The number of carbonyl (C=O) groups excluding carboxylic acids is 2. The monoisotopic (exact) mass is 391 g/mol. The van der Waals surface area contributed by atoms with Crippen LogP contribution < -0.4 is 5.32 Å². The Labute approximate surface area is 157 Å². The molecule has 27 heavy (non-hydrogen) atoms. The average molecular weight is 391 g/mol. The molecule has 0 fully saturated rings. The Hall–Kier alpha value is -2.87. The maximum atomic E-state index is 12.3. The van der Waals surface area contributed by atoms with Crippen molar-refractivity contribution >= 4 is 40.3 Å². The first-order valence-corrected chi connectivity index (χ1v) is 8.85. The molecule has 140 valence electrons. The number of furan rings is 1. The molecule has 3 aromatic rings. The zero-order valence-corrected chi connectivity index (χ0v) is 15.0. The van der Waals surface area contributed by atoms with Crippen molar-refractivity contribution in [2.75, 3.05) is 5.32 Å². The van der Waals surface area contributed by atoms with Gasteiger partial charge in [0.2, 0.25) is 5.76 Å². The third kappa shape index (κ3) is 4.85. The second-order valence-electron chi connectivity index (χ2n) is 5.59. The van der Waals surface area contributed by atoms with Crippen molar-refractivity contribution in [1.29, 1.82) is 0 Å². The molecule has 0 unspecified atom stereocenters. The Morgan fingerprint density at radius 1 is 1.11 bits per heavy atom. The van der Waals surface area contributed by atoms with Crippen molar-refractivity contribution in [3.05, 3.63) is 60.4 Å². The predicted octanol–water partition coefficient (Wildman–Crippen LogP) is 4.93. The van der Waals surface area contributed by atoms with Gasteiger partial charge in [-0.1, -0.05) is 30.0 Å². The van der Waals surface area contributed by atoms with Gasteiger partial charge in [-0.2, -0.15) is 8.78 Å². The maximum absolute atomic E-state index is 12.3. The molecule has 0 saturated carbocycles. The highest BCUT2D eigenvalue weighted by atomic mass is 32.2. The molecule has 5 nitrogen and oxygen atoms in total. The van der Waals surface area contributed by atoms with Gasteiger partial charge in [0.15, 0.2) is 6.10 Å². The topological polar surface area (TPSA) is 68.5 Å². The number of esters is 1. The summed E-state index contributed by atoms with van der Waals surface area (Å²) in [6, 6.07) is 14.6. The summed E-state index contributed by atoms with van der Waals surface area (Å²) in [6.07, 6.45) is -1.07. The second-order valence-corrected chi connectivity index (χ2v) is 6.65. The summed E-state index contributed by atoms with van der Waals surface area (Å²) < 4.78 is 35.1. The number of benzene rings is 2. The standard InChI is InChI=1S/C19H15F2NO4S/c1-11(17(23)22-13-6-8-14(9-7-13)27-19(20)21)25-18(24)16-10-12-4-2-3-5-15(12)26-16/h2-11,19H,1H3,(H,22,23)/t11-/m0/s1. The fourth-order valence-electron chi connectivity index (χ4n) is 2.32. The van der Waals surface area contributed by atoms with Crippen LogP contribution in [0.2, 0.25) is 0 Å². The Morgan fingerprint density at radius 2 is 1.81 bits per heavy atom. The molecule has 1 N–H and O–H groups in total. The molecule has 0 aliphatic rings. The molecule has 0 radical (unpaired) electrons. The summed E-state index contributed by atoms with van der Waals surface area (Å²) in [5.74, 6) is -3.81. The second kappa shape index (κ2) is 8.22. The molecule has 1 heterocycles. The van der Waals surface area contributed by atoms with E-state index in [4.69, 9.17) is 9.15 Å². The van der Waals surface area contributed by atoms with Gasteiger partial charge in [-0.3, -0.25) is 4.79 Å². The maximum Gasteiger partial charge on any atom is 0.375 e. The van der Waals surface area contributed by atoms with Gasteiger partial charge in [-0.05, 0) is 43.3 Å². The Bertz CT molecular complexity index is 923. The van der Waals surface area contributed by atoms with Gasteiger partial charge in [0.05, 0.1) is 0 Å². The SMILES string of the molecule is C[C@H](OC(=O)c1cc2ccccc2o1)C(=O)Nc1ccc(SC(F)F)cc1. The molecule has 8 heteroatoms. The number of alkyl halides is 2. The van der Waals surface area contributed by atoms with Gasteiger partial charge in [-0.15, -0.1) is 0 Å². The number of hydrogen-bond donors (Lipinski definition) is 1. The molecule has 0 aliphatic heterocycles. The third-order valence-electron chi connectivity index (χ3n) is 3.63. The highest BCUT2D eigenvalue weighted by molar-refractivity contribution is 7.99. The van der Waals surface area contributed by atoms with Crippen molar-refractivity contribution in [1.82, 2.24) is 0 Å². The zero-order chi connectivity index (χ0) is 19.4. The summed E-state index contributed by atoms with van der Waals surface area (Å²) in [5, 5.41) is 3.32. The molecular formula is C19H15F2NO4S. The Balaban J connectivity index is 1.59. The molecule has 1 amide bonds. The van der Waals surface area contributed by atoms with Crippen LogP contribution in [0.4, 0.5) is 14.5 Å². The number of carbonyl (C=O) groups is 2. The lowest BCUT2D eigenvalue weighted by Gasteiger charge is -2.13. The number of fused-ring (bicyclic) bond motifs is 1. The smallest absolute Gasteiger partial charge is 0.375 e. The molecule has 1 aromatic heterocycles. The van der Waals surface area contributed by atoms with Crippen LogP contribution in [0, 0.1) is 0 Å². The number of halogens is 2. The minimum Gasteiger partial charge on any atom is -0.449 e. The van der Waals surface area contributed by atoms with Gasteiger partial charge in [0, 0.05) is 16.0 Å². The summed E-state index contributed by atoms with van der Waals surface area (Å²) in [4.78, 5) is 24.7. The number of anilines is 1. The van der Waals surface area contributed by atoms with Crippen molar-refractivity contribution < 1.29 is 27.5 Å². The number of amides is 1. The lowest BCUT2D eigenvalue weighted by molar-refractivity contribution is -0.123. The Kier molecular flexibility index (Phi) is 5.75. The van der Waals surface area contributed by atoms with E-state index in [0.29, 0.717) is 27.9 Å². The van der Waals surface area contributed by atoms with E-state index in [0.717, 1.165) is 5.39 Å². The first kappa shape index (κ1) is 18.9. The van der Waals surface area contributed by atoms with E-state index in [2.05, 4.69) is 5.32 Å². The predicted molar refractivity (Wildman–Crippen MR) is 98.0 cm³/mol. The lowest BCUT2D eigenvalue weighted by Crippen LogP contribution is -2.29. The third-order valence-corrected chi connectivity index (χ3v) is 4.35. The fraction of sp³-hybridized carbons (Fsp3) is 0.158. The molecule has 0 spiro atoms. The van der Waals surface area contributed by atoms with Crippen molar-refractivity contribution in [2.45, 2.75) is 23.7 Å². The van der Waals surface area contributed by atoms with Crippen LogP contribution >= 0.6 is 11.8 Å². The normalized spacial score (nSPS) is 12.1. The van der Waals surface area contributed by atoms with E-state index >= 15 is 0 Å². The number of nitrogens with one attached hydrogen (secondary N) is 1. The van der Waals surface area contributed by atoms with Gasteiger partial charge in [-0.25, -0.2) is 4.79 Å². The van der Waals surface area contributed by atoms with Crippen LogP contribution in [-0.2, 0) is 9.53 Å². The molecule has 0 saturated heterocycles. The highest BCUT2D eigenvalue weighted by Crippen LogP contribution is 2.26. The van der Waals surface area contributed by atoms with E-state index in [1.165, 1.54) is 31.2 Å². The largest absolute Gasteiger partial charge is 0.449 e. The summed E-state index contributed by atoms with van der Waals surface area (Å²) in [6.45, 7) is 1.43. The van der Waals surface area contributed by atoms with Crippen LogP contribution in [-0.4, -0.2) is 23.7 Å². The minimum absolute atomic E-state index is 0.00391. The van der Waals surface area contributed by atoms with E-state index < -0.39 is 23.7 Å². The molecule has 0 bridgehead atoms. The lowest BCUT2D eigenvalue weighted by atomic mass is 10.2. The molecule has 2 aromatic carbocycles. The van der Waals surface area contributed by atoms with Crippen LogP contribution in [0.25, 0.3) is 11.0 Å². The fourth-order valence-corrected chi connectivity index (χ4v) is 2.82. The first-order chi connectivity index (χ1) is 12.9. The number of ether oxygens (including phenoxy) is 1. The summed E-state index contributed by atoms with van der Waals surface area (Å²) in [7, 11) is 0. The number of para-hydroxylation sites is 1. The van der Waals surface area contributed by atoms with E-state index in [9.17, 15) is 18.4 Å².